The van der Waals surface area contributed by atoms with Crippen molar-refractivity contribution in [3.8, 4) is 0 Å². The molecule has 4 nitrogen and oxygen atoms in total. The van der Waals surface area contributed by atoms with Gasteiger partial charge in [0.15, 0.2) is 0 Å². The van der Waals surface area contributed by atoms with E-state index in [-0.39, 0.29) is 0 Å². The van der Waals surface area contributed by atoms with Crippen LogP contribution in [0.4, 0.5) is 11.5 Å². The average Bonchev–Trinajstić information content (AvgIpc) is 3.22. The summed E-state index contributed by atoms with van der Waals surface area (Å²) in [6.07, 6.45) is 7.58. The van der Waals surface area contributed by atoms with Crippen LogP contribution in [0.2, 0.25) is 0 Å². The van der Waals surface area contributed by atoms with Crippen LogP contribution in [-0.2, 0) is 0 Å². The molecule has 6 rings (SSSR count). The molecule has 2 aliphatic heterocycles. The average molecular weight is 341 g/mol. The summed E-state index contributed by atoms with van der Waals surface area (Å²) in [5.74, 6) is 4.60. The Labute approximate surface area is 151 Å². The summed E-state index contributed by atoms with van der Waals surface area (Å²) >= 11 is 0. The van der Waals surface area contributed by atoms with Gasteiger partial charge in [-0.15, -0.1) is 0 Å². The van der Waals surface area contributed by atoms with Crippen molar-refractivity contribution in [3.05, 3.63) is 18.3 Å². The number of hydrogen-bond donors (Lipinski definition) is 2. The predicted molar refractivity (Wildman–Crippen MR) is 103 cm³/mol. The molecule has 3 saturated carbocycles. The number of rotatable bonds is 4. The van der Waals surface area contributed by atoms with E-state index < -0.39 is 0 Å². The van der Waals surface area contributed by atoms with Gasteiger partial charge in [-0.1, -0.05) is 13.8 Å². The molecule has 25 heavy (non-hydrogen) atoms. The Morgan fingerprint density at radius 3 is 3.00 bits per heavy atom. The number of anilines is 2. The normalized spacial score (nSPS) is 38.3. The number of hydrogen-bond acceptors (Lipinski definition) is 4. The van der Waals surface area contributed by atoms with Gasteiger partial charge in [0.25, 0.3) is 0 Å². The van der Waals surface area contributed by atoms with Gasteiger partial charge in [-0.2, -0.15) is 0 Å². The number of nitrogens with one attached hydrogen (secondary N) is 2. The number of fused-ring (bicyclic) bond motifs is 3. The first-order chi connectivity index (χ1) is 12.1. The van der Waals surface area contributed by atoms with Gasteiger partial charge in [0.1, 0.15) is 5.82 Å². The molecule has 3 heterocycles. The molecule has 5 aliphatic rings. The lowest BCUT2D eigenvalue weighted by Gasteiger charge is -2.60. The monoisotopic (exact) mass is 340 g/mol. The van der Waals surface area contributed by atoms with Gasteiger partial charge < -0.3 is 15.5 Å². The van der Waals surface area contributed by atoms with Crippen LogP contribution < -0.4 is 15.5 Å². The van der Waals surface area contributed by atoms with Crippen LogP contribution in [0.15, 0.2) is 18.3 Å². The van der Waals surface area contributed by atoms with E-state index in [1.165, 1.54) is 44.5 Å². The van der Waals surface area contributed by atoms with Crippen LogP contribution >= 0.6 is 0 Å². The van der Waals surface area contributed by atoms with E-state index in [4.69, 9.17) is 0 Å². The SMILES string of the molecule is CC1(C)[C@H]2CC[C@H](CNc3cc(N4C[C@H]5CCN[C@H]5C4)ccn3)[C@H]1C2. The van der Waals surface area contributed by atoms with Crippen molar-refractivity contribution in [1.82, 2.24) is 10.3 Å². The highest BCUT2D eigenvalue weighted by atomic mass is 15.2. The summed E-state index contributed by atoms with van der Waals surface area (Å²) in [5, 5.41) is 7.31. The zero-order valence-electron chi connectivity index (χ0n) is 15.7. The third kappa shape index (κ3) is 2.64. The van der Waals surface area contributed by atoms with E-state index in [2.05, 4.69) is 46.5 Å². The molecule has 136 valence electrons. The predicted octanol–water partition coefficient (Wildman–Crippen LogP) is 3.36. The van der Waals surface area contributed by atoms with E-state index in [9.17, 15) is 0 Å². The third-order valence-corrected chi connectivity index (χ3v) is 8.02. The quantitative estimate of drug-likeness (QED) is 0.882. The molecule has 1 aromatic heterocycles. The van der Waals surface area contributed by atoms with Crippen LogP contribution in [0.1, 0.15) is 39.5 Å². The Hall–Kier alpha value is -1.29. The second kappa shape index (κ2) is 5.87. The molecular formula is C21H32N4. The third-order valence-electron chi connectivity index (χ3n) is 8.02. The van der Waals surface area contributed by atoms with Gasteiger partial charge in [0.2, 0.25) is 0 Å². The second-order valence-electron chi connectivity index (χ2n) is 9.49. The first-order valence-corrected chi connectivity index (χ1v) is 10.3. The van der Waals surface area contributed by atoms with Crippen molar-refractivity contribution in [3.63, 3.8) is 0 Å². The van der Waals surface area contributed by atoms with Crippen molar-refractivity contribution in [2.45, 2.75) is 45.6 Å². The maximum Gasteiger partial charge on any atom is 0.127 e. The zero-order valence-corrected chi connectivity index (χ0v) is 15.7. The maximum absolute atomic E-state index is 4.59. The summed E-state index contributed by atoms with van der Waals surface area (Å²) in [4.78, 5) is 7.12. The van der Waals surface area contributed by atoms with Crippen molar-refractivity contribution < 1.29 is 0 Å². The van der Waals surface area contributed by atoms with Crippen molar-refractivity contribution >= 4 is 11.5 Å². The van der Waals surface area contributed by atoms with E-state index in [1.54, 1.807) is 0 Å². The summed E-state index contributed by atoms with van der Waals surface area (Å²) in [6.45, 7) is 9.59. The van der Waals surface area contributed by atoms with Gasteiger partial charge >= 0.3 is 0 Å². The van der Waals surface area contributed by atoms with Crippen LogP contribution in [0.3, 0.4) is 0 Å². The van der Waals surface area contributed by atoms with Crippen LogP contribution in [-0.4, -0.2) is 37.2 Å². The fourth-order valence-electron chi connectivity index (χ4n) is 6.22. The molecule has 0 radical (unpaired) electrons. The lowest BCUT2D eigenvalue weighted by molar-refractivity contribution is -0.100. The van der Waals surface area contributed by atoms with Gasteiger partial charge in [0.05, 0.1) is 0 Å². The van der Waals surface area contributed by atoms with Gasteiger partial charge in [-0.05, 0) is 67.4 Å². The summed E-state index contributed by atoms with van der Waals surface area (Å²) in [5.41, 5.74) is 1.90. The Balaban J connectivity index is 1.22. The molecule has 0 unspecified atom stereocenters. The standard InChI is InChI=1S/C21H32N4/c1-21(2)16-4-3-14(18(21)9-16)11-24-20-10-17(6-8-23-20)25-12-15-5-7-22-19(15)13-25/h6,8,10,14-16,18-19,22H,3-5,7,9,11-13H2,1-2H3,(H,23,24)/t14-,15-,16+,18-,19+/m1/s1. The molecule has 0 aromatic carbocycles. The van der Waals surface area contributed by atoms with Crippen LogP contribution in [0.25, 0.3) is 0 Å². The Morgan fingerprint density at radius 1 is 1.28 bits per heavy atom. The van der Waals surface area contributed by atoms with Crippen molar-refractivity contribution in [1.29, 1.82) is 0 Å². The molecule has 5 fully saturated rings. The van der Waals surface area contributed by atoms with Crippen molar-refractivity contribution in [2.24, 2.45) is 29.1 Å². The summed E-state index contributed by atoms with van der Waals surface area (Å²) in [7, 11) is 0. The second-order valence-corrected chi connectivity index (χ2v) is 9.49. The number of aromatic nitrogens is 1. The summed E-state index contributed by atoms with van der Waals surface area (Å²) < 4.78 is 0. The fourth-order valence-corrected chi connectivity index (χ4v) is 6.22. The lowest BCUT2D eigenvalue weighted by atomic mass is 9.45. The largest absolute Gasteiger partial charge is 0.370 e. The van der Waals surface area contributed by atoms with E-state index in [0.29, 0.717) is 11.5 Å². The highest BCUT2D eigenvalue weighted by Gasteiger charge is 2.53. The van der Waals surface area contributed by atoms with Gasteiger partial charge in [0, 0.05) is 43.6 Å². The van der Waals surface area contributed by atoms with Crippen LogP contribution in [0, 0.1) is 29.1 Å². The highest BCUT2D eigenvalue weighted by Crippen LogP contribution is 2.61. The molecular weight excluding hydrogens is 308 g/mol. The molecule has 3 aliphatic carbocycles. The minimum atomic E-state index is 0.570. The fraction of sp³-hybridized carbons (Fsp3) is 0.762. The minimum absolute atomic E-state index is 0.570. The topological polar surface area (TPSA) is 40.2 Å². The molecule has 2 saturated heterocycles. The molecule has 0 amide bonds. The molecule has 1 aromatic rings. The first-order valence-electron chi connectivity index (χ1n) is 10.3. The molecule has 0 spiro atoms. The first kappa shape index (κ1) is 15.9. The molecule has 2 N–H and O–H groups in total. The summed E-state index contributed by atoms with van der Waals surface area (Å²) in [6, 6.07) is 5.13. The smallest absolute Gasteiger partial charge is 0.127 e. The number of pyridine rings is 1. The molecule has 2 bridgehead atoms. The Morgan fingerprint density at radius 2 is 2.20 bits per heavy atom. The van der Waals surface area contributed by atoms with E-state index in [0.717, 1.165) is 42.6 Å². The minimum Gasteiger partial charge on any atom is -0.370 e. The van der Waals surface area contributed by atoms with E-state index >= 15 is 0 Å². The Kier molecular flexibility index (Phi) is 3.74. The number of nitrogens with zero attached hydrogens (tertiary/aromatic N) is 2. The van der Waals surface area contributed by atoms with Gasteiger partial charge in [-0.3, -0.25) is 0 Å². The molecule has 5 atom stereocenters. The Bertz CT molecular complexity index is 629. The maximum atomic E-state index is 4.59. The van der Waals surface area contributed by atoms with Gasteiger partial charge in [-0.25, -0.2) is 4.98 Å². The lowest BCUT2D eigenvalue weighted by Crippen LogP contribution is -2.53. The van der Waals surface area contributed by atoms with Crippen LogP contribution in [0.5, 0.6) is 0 Å². The highest BCUT2D eigenvalue weighted by molar-refractivity contribution is 5.55. The van der Waals surface area contributed by atoms with Crippen molar-refractivity contribution in [2.75, 3.05) is 36.4 Å². The zero-order chi connectivity index (χ0) is 17.0. The van der Waals surface area contributed by atoms with E-state index in [1.807, 2.05) is 6.20 Å². The molecule has 4 heteroatoms.